The Balaban J connectivity index is 1.32. The number of carbonyl (C=O) groups excluding carboxylic acids is 2. The Bertz CT molecular complexity index is 2420. The first-order valence-corrected chi connectivity index (χ1v) is 16.8. The van der Waals surface area contributed by atoms with Crippen LogP contribution in [-0.4, -0.2) is 68.6 Å². The number of phenols is 1. The predicted molar refractivity (Wildman–Crippen MR) is 188 cm³/mol. The second-order valence-electron chi connectivity index (χ2n) is 13.6. The molecule has 15 heteroatoms. The number of methoxy groups -OCH3 is 4. The lowest BCUT2D eigenvalue weighted by Gasteiger charge is -2.52. The molecule has 1 saturated carbocycles. The Labute approximate surface area is 296 Å². The molecule has 2 aromatic carbocycles. The second-order valence-corrected chi connectivity index (χ2v) is 13.6. The molecule has 0 saturated heterocycles. The maximum absolute atomic E-state index is 14.3. The molecule has 272 valence electrons. The van der Waals surface area contributed by atoms with Crippen molar-refractivity contribution < 1.29 is 33.6 Å². The minimum absolute atomic E-state index is 0.0189. The van der Waals surface area contributed by atoms with Crippen molar-refractivity contribution in [2.75, 3.05) is 28.4 Å². The quantitative estimate of drug-likeness (QED) is 0.266. The zero-order valence-electron chi connectivity index (χ0n) is 29.9. The smallest absolute Gasteiger partial charge is 0.347 e. The molecule has 3 aliphatic rings. The zero-order valence-corrected chi connectivity index (χ0v) is 29.9. The van der Waals surface area contributed by atoms with Crippen LogP contribution in [0.1, 0.15) is 43.5 Å². The summed E-state index contributed by atoms with van der Waals surface area (Å²) >= 11 is 0. The van der Waals surface area contributed by atoms with Gasteiger partial charge in [-0.05, 0) is 48.3 Å². The van der Waals surface area contributed by atoms with Gasteiger partial charge in [0.25, 0.3) is 5.56 Å². The van der Waals surface area contributed by atoms with E-state index in [1.54, 1.807) is 45.2 Å². The molecule has 1 N–H and O–H groups in total. The average molecular weight is 714 g/mol. The van der Waals surface area contributed by atoms with Crippen molar-refractivity contribution in [3.05, 3.63) is 90.1 Å². The zero-order chi connectivity index (χ0) is 37.4. The molecule has 4 atom stereocenters. The molecule has 0 radical (unpaired) electrons. The van der Waals surface area contributed by atoms with E-state index in [9.17, 15) is 29.1 Å². The van der Waals surface area contributed by atoms with Crippen LogP contribution in [0.25, 0.3) is 11.0 Å². The minimum Gasteiger partial charge on any atom is -0.502 e. The van der Waals surface area contributed by atoms with Gasteiger partial charge in [-0.3, -0.25) is 14.4 Å². The third-order valence-corrected chi connectivity index (χ3v) is 11.0. The molecule has 4 aromatic rings. The van der Waals surface area contributed by atoms with Gasteiger partial charge in [-0.2, -0.15) is 0 Å². The molecule has 0 bridgehead atoms. The highest BCUT2D eigenvalue weighted by Gasteiger charge is 2.59. The fourth-order valence-corrected chi connectivity index (χ4v) is 8.45. The number of hydrogen-bond donors (Lipinski definition) is 1. The number of aryl methyl sites for hydroxylation is 2. The number of aromatic nitrogens is 5. The first-order valence-electron chi connectivity index (χ1n) is 16.8. The molecule has 1 aliphatic heterocycles. The number of hydrogen-bond acceptors (Lipinski definition) is 11. The van der Waals surface area contributed by atoms with E-state index in [-0.39, 0.29) is 60.4 Å². The van der Waals surface area contributed by atoms with Crippen molar-refractivity contribution >= 4 is 22.6 Å². The Morgan fingerprint density at radius 2 is 1.54 bits per heavy atom. The summed E-state index contributed by atoms with van der Waals surface area (Å²) in [4.78, 5) is 73.9. The number of rotatable bonds is 8. The first kappa shape index (κ1) is 34.6. The molecule has 3 heterocycles. The SMILES string of the molecule is COc1cc2nc(CCn3c(=O)n4n(c3=O)[C@@H]3C[C@H]5C(=O)C=C(C)C(=O)[C@@]5(C)[C@@H](c5cc(OC)c(O)c(OC)c5)C3=CC4)c(=O)n(C)c2cc1OC. The average Bonchev–Trinajstić information content (AvgIpc) is 3.38. The van der Waals surface area contributed by atoms with E-state index in [1.807, 2.05) is 6.08 Å². The maximum Gasteiger partial charge on any atom is 0.347 e. The number of allylic oxidation sites excluding steroid dienone is 4. The van der Waals surface area contributed by atoms with Gasteiger partial charge in [-0.1, -0.05) is 13.0 Å². The predicted octanol–water partition coefficient (Wildman–Crippen LogP) is 2.43. The maximum atomic E-state index is 14.3. The summed E-state index contributed by atoms with van der Waals surface area (Å²) in [6, 6.07) is 5.77. The van der Waals surface area contributed by atoms with Gasteiger partial charge in [0.15, 0.2) is 34.6 Å². The lowest BCUT2D eigenvalue weighted by molar-refractivity contribution is -0.139. The number of carbonyl (C=O) groups is 2. The molecule has 7 rings (SSSR count). The molecule has 15 nitrogen and oxygen atoms in total. The molecule has 52 heavy (non-hydrogen) atoms. The molecule has 0 unspecified atom stereocenters. The highest BCUT2D eigenvalue weighted by Crippen LogP contribution is 2.60. The van der Waals surface area contributed by atoms with Crippen LogP contribution >= 0.6 is 0 Å². The molecule has 2 aromatic heterocycles. The molecular formula is C37H39N5O10. The standard InChI is InChI=1S/C37H39N5O10/c1-18-12-26(43)21-15-24-20(31(37(21,2)33(18)45)19-13-29(51-6)32(44)30(14-19)52-7)8-11-41-35(47)40(36(48)42(24)41)10-9-22-34(46)39(3)25-17-28(50-5)27(49-4)16-23(25)38-22/h8,12-14,16-17,21,24,31,44H,9-11,15H2,1-7H3/t21-,24+,31-,37+/m0/s1. The summed E-state index contributed by atoms with van der Waals surface area (Å²) in [5, 5.41) is 10.7. The van der Waals surface area contributed by atoms with E-state index < -0.39 is 40.2 Å². The van der Waals surface area contributed by atoms with Crippen LogP contribution in [0.2, 0.25) is 0 Å². The van der Waals surface area contributed by atoms with Crippen molar-refractivity contribution in [3.63, 3.8) is 0 Å². The van der Waals surface area contributed by atoms with E-state index in [1.165, 1.54) is 48.4 Å². The van der Waals surface area contributed by atoms with E-state index in [2.05, 4.69) is 4.98 Å². The van der Waals surface area contributed by atoms with E-state index in [4.69, 9.17) is 18.9 Å². The summed E-state index contributed by atoms with van der Waals surface area (Å²) in [6.45, 7) is 3.26. The summed E-state index contributed by atoms with van der Waals surface area (Å²) in [6.07, 6.45) is 3.27. The Kier molecular flexibility index (Phi) is 8.26. The van der Waals surface area contributed by atoms with Crippen LogP contribution < -0.4 is 35.9 Å². The van der Waals surface area contributed by atoms with Gasteiger partial charge in [-0.25, -0.2) is 28.5 Å². The van der Waals surface area contributed by atoms with Crippen molar-refractivity contribution in [3.8, 4) is 28.7 Å². The number of benzene rings is 2. The first-order chi connectivity index (χ1) is 24.8. The van der Waals surface area contributed by atoms with Crippen LogP contribution in [0.3, 0.4) is 0 Å². The summed E-state index contributed by atoms with van der Waals surface area (Å²) in [5.41, 5.74) is -0.152. The summed E-state index contributed by atoms with van der Waals surface area (Å²) in [7, 11) is 7.38. The molecule has 1 fully saturated rings. The third-order valence-electron chi connectivity index (χ3n) is 11.0. The molecular weight excluding hydrogens is 674 g/mol. The normalized spacial score (nSPS) is 22.2. The van der Waals surface area contributed by atoms with Gasteiger partial charge in [0.1, 0.15) is 5.69 Å². The van der Waals surface area contributed by atoms with Crippen LogP contribution in [0.4, 0.5) is 0 Å². The van der Waals surface area contributed by atoms with E-state index in [0.29, 0.717) is 39.2 Å². The van der Waals surface area contributed by atoms with Gasteiger partial charge >= 0.3 is 11.4 Å². The van der Waals surface area contributed by atoms with Crippen LogP contribution in [0, 0.1) is 11.3 Å². The third kappa shape index (κ3) is 4.85. The Morgan fingerprint density at radius 1 is 0.904 bits per heavy atom. The van der Waals surface area contributed by atoms with E-state index >= 15 is 0 Å². The lowest BCUT2D eigenvalue weighted by Crippen LogP contribution is -2.54. The number of aromatic hydroxyl groups is 1. The number of nitrogens with zero attached hydrogens (tertiary/aromatic N) is 5. The van der Waals surface area contributed by atoms with Gasteiger partial charge in [0.2, 0.25) is 5.75 Å². The van der Waals surface area contributed by atoms with Gasteiger partial charge in [0, 0.05) is 44.0 Å². The Hall–Kier alpha value is -5.86. The topological polar surface area (TPSA) is 175 Å². The second kappa shape index (κ2) is 12.4. The fraction of sp³-hybridized carbons (Fsp3) is 0.405. The highest BCUT2D eigenvalue weighted by molar-refractivity contribution is 6.13. The van der Waals surface area contributed by atoms with Crippen molar-refractivity contribution in [2.45, 2.75) is 51.7 Å². The lowest BCUT2D eigenvalue weighted by atomic mass is 9.51. The number of ether oxygens (including phenoxy) is 4. The van der Waals surface area contributed by atoms with Crippen molar-refractivity contribution in [1.29, 1.82) is 0 Å². The summed E-state index contributed by atoms with van der Waals surface area (Å²) < 4.78 is 26.9. The minimum atomic E-state index is -1.26. The van der Waals surface area contributed by atoms with E-state index in [0.717, 1.165) is 4.57 Å². The van der Waals surface area contributed by atoms with Crippen molar-refractivity contribution in [2.24, 2.45) is 18.4 Å². The number of ketones is 2. The van der Waals surface area contributed by atoms with Gasteiger partial charge in [-0.15, -0.1) is 0 Å². The van der Waals surface area contributed by atoms with Crippen LogP contribution in [0.5, 0.6) is 28.7 Å². The number of phenolic OH excluding ortho intramolecular Hbond substituents is 1. The molecule has 2 aliphatic carbocycles. The van der Waals surface area contributed by atoms with Crippen molar-refractivity contribution in [1.82, 2.24) is 23.5 Å². The van der Waals surface area contributed by atoms with Crippen LogP contribution in [-0.2, 0) is 36.1 Å². The van der Waals surface area contributed by atoms with Gasteiger partial charge in [0.05, 0.1) is 57.5 Å². The van der Waals surface area contributed by atoms with Crippen LogP contribution in [0.15, 0.2) is 61.9 Å². The highest BCUT2D eigenvalue weighted by atomic mass is 16.5. The Morgan fingerprint density at radius 3 is 2.17 bits per heavy atom. The molecule has 0 amide bonds. The number of Topliss-reactive ketones (excluding diaryl/α,β-unsaturated/α-hetero) is 1. The monoisotopic (exact) mass is 713 g/mol. The molecule has 0 spiro atoms. The largest absolute Gasteiger partial charge is 0.502 e. The fourth-order valence-electron chi connectivity index (χ4n) is 8.45. The van der Waals surface area contributed by atoms with Gasteiger partial charge < -0.3 is 28.6 Å². The number of fused-ring (bicyclic) bond motifs is 5. The summed E-state index contributed by atoms with van der Waals surface area (Å²) in [5.74, 6) is -1.17.